The van der Waals surface area contributed by atoms with Gasteiger partial charge in [-0.15, -0.1) is 0 Å². The number of thioether (sulfide) groups is 1. The maximum Gasteiger partial charge on any atom is 0.293 e. The van der Waals surface area contributed by atoms with Crippen molar-refractivity contribution in [3.05, 3.63) is 119 Å². The Morgan fingerprint density at radius 1 is 0.816 bits per heavy atom. The number of rotatable bonds is 6. The number of anilines is 1. The summed E-state index contributed by atoms with van der Waals surface area (Å²) < 4.78 is 1.86. The molecule has 1 N–H and O–H groups in total. The molecule has 0 bridgehead atoms. The molecule has 3 amide bonds. The number of amides is 3. The largest absolute Gasteiger partial charge is 0.337 e. The standard InChI is InChI=1S/C31H23N3O3S/c35-29(32-24-12-2-1-3-13-24)20-33-18-23(26-15-6-7-16-27(26)33)17-28-30(36)34(31(37)38-28)19-22-11-8-10-21-9-4-5-14-25(21)22/h1-18H,19-20H2,(H,32,35)/b28-17+. The summed E-state index contributed by atoms with van der Waals surface area (Å²) in [6.07, 6.45) is 3.61. The SMILES string of the molecule is O=C(Cn1cc(/C=C2/SC(=O)N(Cc3cccc4ccccc34)C2=O)c2ccccc21)Nc1ccccc1. The van der Waals surface area contributed by atoms with E-state index in [2.05, 4.69) is 5.32 Å². The van der Waals surface area contributed by atoms with Crippen LogP contribution < -0.4 is 5.32 Å². The number of fused-ring (bicyclic) bond motifs is 2. The van der Waals surface area contributed by atoms with E-state index in [-0.39, 0.29) is 30.1 Å². The van der Waals surface area contributed by atoms with E-state index in [0.29, 0.717) is 4.91 Å². The van der Waals surface area contributed by atoms with E-state index in [1.54, 1.807) is 6.08 Å². The molecule has 1 saturated heterocycles. The minimum atomic E-state index is -0.313. The minimum absolute atomic E-state index is 0.117. The Labute approximate surface area is 223 Å². The van der Waals surface area contributed by atoms with Crippen LogP contribution in [0.15, 0.2) is 108 Å². The summed E-state index contributed by atoms with van der Waals surface area (Å²) in [5, 5.41) is 5.61. The van der Waals surface area contributed by atoms with Crippen molar-refractivity contribution >= 4 is 62.3 Å². The molecule has 0 unspecified atom stereocenters. The summed E-state index contributed by atoms with van der Waals surface area (Å²) in [4.78, 5) is 40.6. The summed E-state index contributed by atoms with van der Waals surface area (Å²) >= 11 is 0.945. The summed E-state index contributed by atoms with van der Waals surface area (Å²) in [6.45, 7) is 0.330. The zero-order chi connectivity index (χ0) is 26.1. The predicted octanol–water partition coefficient (Wildman–Crippen LogP) is 6.67. The average molecular weight is 518 g/mol. The highest BCUT2D eigenvalue weighted by Crippen LogP contribution is 2.35. The number of benzene rings is 4. The molecule has 1 aliphatic rings. The Balaban J connectivity index is 1.27. The van der Waals surface area contributed by atoms with E-state index >= 15 is 0 Å². The molecule has 7 heteroatoms. The Kier molecular flexibility index (Phi) is 6.27. The normalized spacial score (nSPS) is 14.6. The summed E-state index contributed by atoms with van der Waals surface area (Å²) in [5.41, 5.74) is 3.31. The van der Waals surface area contributed by atoms with Gasteiger partial charge in [-0.1, -0.05) is 78.9 Å². The highest BCUT2D eigenvalue weighted by Gasteiger charge is 2.35. The number of hydrogen-bond acceptors (Lipinski definition) is 4. The van der Waals surface area contributed by atoms with E-state index < -0.39 is 0 Å². The molecule has 186 valence electrons. The van der Waals surface area contributed by atoms with E-state index in [1.807, 2.05) is 108 Å². The molecule has 0 aliphatic carbocycles. The number of para-hydroxylation sites is 2. The quantitative estimate of drug-likeness (QED) is 0.255. The van der Waals surface area contributed by atoms with Gasteiger partial charge in [0.05, 0.1) is 11.4 Å². The molecule has 1 aliphatic heterocycles. The van der Waals surface area contributed by atoms with Crippen LogP contribution in [0.2, 0.25) is 0 Å². The van der Waals surface area contributed by atoms with Gasteiger partial charge in [0.1, 0.15) is 6.54 Å². The molecule has 5 aromatic rings. The summed E-state index contributed by atoms with van der Waals surface area (Å²) in [7, 11) is 0. The lowest BCUT2D eigenvalue weighted by Crippen LogP contribution is -2.27. The van der Waals surface area contributed by atoms with Crippen LogP contribution in [0.4, 0.5) is 10.5 Å². The van der Waals surface area contributed by atoms with Crippen molar-refractivity contribution in [1.82, 2.24) is 9.47 Å². The molecule has 1 fully saturated rings. The van der Waals surface area contributed by atoms with Crippen molar-refractivity contribution in [2.24, 2.45) is 0 Å². The van der Waals surface area contributed by atoms with Crippen LogP contribution in [0.5, 0.6) is 0 Å². The number of carbonyl (C=O) groups is 3. The van der Waals surface area contributed by atoms with Crippen LogP contribution >= 0.6 is 11.8 Å². The molecule has 2 heterocycles. The second-order valence-corrected chi connectivity index (χ2v) is 10.0. The zero-order valence-electron chi connectivity index (χ0n) is 20.3. The molecule has 0 atom stereocenters. The van der Waals surface area contributed by atoms with Gasteiger partial charge in [0.2, 0.25) is 5.91 Å². The molecule has 0 saturated carbocycles. The van der Waals surface area contributed by atoms with Gasteiger partial charge in [-0.2, -0.15) is 0 Å². The zero-order valence-corrected chi connectivity index (χ0v) is 21.2. The first-order valence-electron chi connectivity index (χ1n) is 12.2. The Bertz CT molecular complexity index is 1730. The van der Waals surface area contributed by atoms with Crippen molar-refractivity contribution in [3.63, 3.8) is 0 Å². The fraction of sp³-hybridized carbons (Fsp3) is 0.0645. The second kappa shape index (κ2) is 10.0. The second-order valence-electron chi connectivity index (χ2n) is 9.05. The molecule has 1 aromatic heterocycles. The Hall–Kier alpha value is -4.62. The van der Waals surface area contributed by atoms with Crippen molar-refractivity contribution in [2.75, 3.05) is 5.32 Å². The van der Waals surface area contributed by atoms with Gasteiger partial charge in [0, 0.05) is 28.4 Å². The monoisotopic (exact) mass is 517 g/mol. The van der Waals surface area contributed by atoms with Crippen molar-refractivity contribution in [2.45, 2.75) is 13.1 Å². The van der Waals surface area contributed by atoms with Crippen LogP contribution in [0, 0.1) is 0 Å². The molecular formula is C31H23N3O3S. The maximum atomic E-state index is 13.3. The molecule has 0 radical (unpaired) electrons. The predicted molar refractivity (Wildman–Crippen MR) is 152 cm³/mol. The Morgan fingerprint density at radius 3 is 2.37 bits per heavy atom. The van der Waals surface area contributed by atoms with E-state index in [1.165, 1.54) is 4.90 Å². The van der Waals surface area contributed by atoms with E-state index in [0.717, 1.165) is 50.3 Å². The lowest BCUT2D eigenvalue weighted by atomic mass is 10.0. The smallest absolute Gasteiger partial charge is 0.293 e. The minimum Gasteiger partial charge on any atom is -0.337 e. The molecule has 6 nitrogen and oxygen atoms in total. The van der Waals surface area contributed by atoms with Gasteiger partial charge in [-0.3, -0.25) is 19.3 Å². The van der Waals surface area contributed by atoms with E-state index in [9.17, 15) is 14.4 Å². The first-order valence-corrected chi connectivity index (χ1v) is 13.0. The number of carbonyl (C=O) groups excluding carboxylic acids is 3. The molecule has 4 aromatic carbocycles. The first kappa shape index (κ1) is 23.8. The summed E-state index contributed by atoms with van der Waals surface area (Å²) in [5.74, 6) is -0.467. The Morgan fingerprint density at radius 2 is 1.53 bits per heavy atom. The van der Waals surface area contributed by atoms with Crippen molar-refractivity contribution < 1.29 is 14.4 Å². The number of nitrogens with zero attached hydrogens (tertiary/aromatic N) is 2. The lowest BCUT2D eigenvalue weighted by molar-refractivity contribution is -0.123. The number of aromatic nitrogens is 1. The first-order chi connectivity index (χ1) is 18.6. The van der Waals surface area contributed by atoms with Gasteiger partial charge in [-0.05, 0) is 52.4 Å². The van der Waals surface area contributed by atoms with Crippen molar-refractivity contribution in [3.8, 4) is 0 Å². The third kappa shape index (κ3) is 4.60. The van der Waals surface area contributed by atoms with Crippen LogP contribution in [-0.2, 0) is 22.7 Å². The highest BCUT2D eigenvalue weighted by molar-refractivity contribution is 8.18. The third-order valence-electron chi connectivity index (χ3n) is 6.56. The van der Waals surface area contributed by atoms with Crippen LogP contribution in [-0.4, -0.2) is 26.5 Å². The number of imide groups is 1. The molecule has 38 heavy (non-hydrogen) atoms. The van der Waals surface area contributed by atoms with Gasteiger partial charge in [0.15, 0.2) is 0 Å². The molecule has 0 spiro atoms. The topological polar surface area (TPSA) is 71.4 Å². The fourth-order valence-electron chi connectivity index (χ4n) is 4.78. The maximum absolute atomic E-state index is 13.3. The lowest BCUT2D eigenvalue weighted by Gasteiger charge is -2.14. The van der Waals surface area contributed by atoms with Gasteiger partial charge >= 0.3 is 0 Å². The molecular weight excluding hydrogens is 494 g/mol. The van der Waals surface area contributed by atoms with Crippen LogP contribution in [0.1, 0.15) is 11.1 Å². The van der Waals surface area contributed by atoms with Crippen LogP contribution in [0.25, 0.3) is 27.8 Å². The molecule has 6 rings (SSSR count). The highest BCUT2D eigenvalue weighted by atomic mass is 32.2. The van der Waals surface area contributed by atoms with E-state index in [4.69, 9.17) is 0 Å². The van der Waals surface area contributed by atoms with Gasteiger partial charge in [-0.25, -0.2) is 0 Å². The van der Waals surface area contributed by atoms with Crippen molar-refractivity contribution in [1.29, 1.82) is 0 Å². The fourth-order valence-corrected chi connectivity index (χ4v) is 5.61. The third-order valence-corrected chi connectivity index (χ3v) is 7.47. The average Bonchev–Trinajstić information content (AvgIpc) is 3.41. The number of hydrogen-bond donors (Lipinski definition) is 1. The van der Waals surface area contributed by atoms with Gasteiger partial charge in [0.25, 0.3) is 11.1 Å². The number of nitrogens with one attached hydrogen (secondary N) is 1. The van der Waals surface area contributed by atoms with Crippen LogP contribution in [0.3, 0.4) is 0 Å². The van der Waals surface area contributed by atoms with Gasteiger partial charge < -0.3 is 9.88 Å². The summed E-state index contributed by atoms with van der Waals surface area (Å²) in [6, 6.07) is 30.9.